The monoisotopic (exact) mass is 283 g/mol. The van der Waals surface area contributed by atoms with Crippen molar-refractivity contribution in [1.29, 1.82) is 0 Å². The first-order valence-corrected chi connectivity index (χ1v) is 7.10. The molecule has 2 aromatic rings. The van der Waals surface area contributed by atoms with Crippen molar-refractivity contribution in [1.82, 2.24) is 5.32 Å². The lowest BCUT2D eigenvalue weighted by atomic mass is 9.98. The normalized spacial score (nSPS) is 11.7. The minimum absolute atomic E-state index is 0.194. The van der Waals surface area contributed by atoms with Gasteiger partial charge in [0.25, 0.3) is 0 Å². The topological polar surface area (TPSA) is 67.2 Å². The van der Waals surface area contributed by atoms with E-state index in [1.165, 1.54) is 5.56 Å². The zero-order chi connectivity index (χ0) is 15.1. The third kappa shape index (κ3) is 4.84. The minimum atomic E-state index is -0.194. The van der Waals surface area contributed by atoms with Crippen molar-refractivity contribution < 1.29 is 4.79 Å². The van der Waals surface area contributed by atoms with E-state index < -0.39 is 0 Å². The molecule has 0 bridgehead atoms. The Hall–Kier alpha value is -2.49. The number of carbonyl (C=O) groups is 1. The smallest absolute Gasteiger partial charge is 0.319 e. The molecular weight excluding hydrogens is 262 g/mol. The van der Waals surface area contributed by atoms with E-state index in [1.54, 1.807) is 24.3 Å². The highest BCUT2D eigenvalue weighted by molar-refractivity contribution is 5.89. The van der Waals surface area contributed by atoms with Gasteiger partial charge in [0.2, 0.25) is 0 Å². The Labute approximate surface area is 125 Å². The van der Waals surface area contributed by atoms with E-state index in [1.807, 2.05) is 18.2 Å². The molecule has 0 aliphatic rings. The molecule has 0 aliphatic heterocycles. The minimum Gasteiger partial charge on any atom is -0.399 e. The zero-order valence-corrected chi connectivity index (χ0v) is 12.2. The fraction of sp³-hybridized carbons (Fsp3) is 0.235. The highest BCUT2D eigenvalue weighted by Crippen LogP contribution is 2.17. The zero-order valence-electron chi connectivity index (χ0n) is 12.2. The number of hydrogen-bond donors (Lipinski definition) is 3. The number of carbonyl (C=O) groups excluding carboxylic acids is 1. The van der Waals surface area contributed by atoms with Gasteiger partial charge in [0.1, 0.15) is 0 Å². The van der Waals surface area contributed by atoms with Gasteiger partial charge in [-0.25, -0.2) is 4.79 Å². The predicted octanol–water partition coefficient (Wildman–Crippen LogP) is 3.58. The number of rotatable bonds is 5. The number of nitrogens with two attached hydrogens (primary N) is 1. The van der Waals surface area contributed by atoms with Crippen LogP contribution in [-0.2, 0) is 0 Å². The SMILES string of the molecule is CC(CCNC(=O)Nc1ccc(N)cc1)c1ccccc1. The standard InChI is InChI=1S/C17H21N3O/c1-13(14-5-3-2-4-6-14)11-12-19-17(21)20-16-9-7-15(18)8-10-16/h2-10,13H,11-12,18H2,1H3,(H2,19,20,21). The number of hydrogen-bond acceptors (Lipinski definition) is 2. The first kappa shape index (κ1) is 14.9. The highest BCUT2D eigenvalue weighted by Gasteiger charge is 2.06. The molecule has 21 heavy (non-hydrogen) atoms. The molecule has 0 saturated heterocycles. The summed E-state index contributed by atoms with van der Waals surface area (Å²) >= 11 is 0. The molecular formula is C17H21N3O. The Morgan fingerprint density at radius 2 is 1.76 bits per heavy atom. The summed E-state index contributed by atoms with van der Waals surface area (Å²) < 4.78 is 0. The number of urea groups is 1. The molecule has 4 heteroatoms. The third-order valence-corrected chi connectivity index (χ3v) is 3.40. The molecule has 0 heterocycles. The lowest BCUT2D eigenvalue weighted by Crippen LogP contribution is -2.30. The van der Waals surface area contributed by atoms with Crippen molar-refractivity contribution in [2.24, 2.45) is 0 Å². The van der Waals surface area contributed by atoms with Crippen LogP contribution in [0, 0.1) is 0 Å². The molecule has 2 rings (SSSR count). The van der Waals surface area contributed by atoms with E-state index in [0.29, 0.717) is 18.2 Å². The van der Waals surface area contributed by atoms with Crippen LogP contribution in [-0.4, -0.2) is 12.6 Å². The molecule has 110 valence electrons. The average molecular weight is 283 g/mol. The van der Waals surface area contributed by atoms with Crippen LogP contribution in [0.25, 0.3) is 0 Å². The highest BCUT2D eigenvalue weighted by atomic mass is 16.2. The van der Waals surface area contributed by atoms with Crippen LogP contribution in [0.5, 0.6) is 0 Å². The van der Waals surface area contributed by atoms with E-state index in [9.17, 15) is 4.79 Å². The van der Waals surface area contributed by atoms with E-state index in [2.05, 4.69) is 29.7 Å². The van der Waals surface area contributed by atoms with Crippen LogP contribution in [0.1, 0.15) is 24.8 Å². The molecule has 0 aliphatic carbocycles. The summed E-state index contributed by atoms with van der Waals surface area (Å²) in [6.45, 7) is 2.80. The van der Waals surface area contributed by atoms with Crippen LogP contribution in [0.15, 0.2) is 54.6 Å². The van der Waals surface area contributed by atoms with Gasteiger partial charge in [0.15, 0.2) is 0 Å². The van der Waals surface area contributed by atoms with Gasteiger partial charge in [-0.05, 0) is 42.2 Å². The van der Waals surface area contributed by atoms with Crippen LogP contribution < -0.4 is 16.4 Å². The Bertz CT molecular complexity index is 566. The van der Waals surface area contributed by atoms with Crippen molar-refractivity contribution in [2.45, 2.75) is 19.3 Å². The van der Waals surface area contributed by atoms with Crippen LogP contribution >= 0.6 is 0 Å². The first-order chi connectivity index (χ1) is 10.1. The average Bonchev–Trinajstić information content (AvgIpc) is 2.50. The third-order valence-electron chi connectivity index (χ3n) is 3.40. The molecule has 0 spiro atoms. The van der Waals surface area contributed by atoms with Crippen LogP contribution in [0.3, 0.4) is 0 Å². The predicted molar refractivity (Wildman–Crippen MR) is 87.3 cm³/mol. The number of benzene rings is 2. The molecule has 2 amide bonds. The Balaban J connectivity index is 1.73. The maximum absolute atomic E-state index is 11.8. The number of amides is 2. The second-order valence-electron chi connectivity index (χ2n) is 5.10. The van der Waals surface area contributed by atoms with E-state index in [0.717, 1.165) is 12.1 Å². The first-order valence-electron chi connectivity index (χ1n) is 7.10. The summed E-state index contributed by atoms with van der Waals surface area (Å²) in [7, 11) is 0. The van der Waals surface area contributed by atoms with Crippen molar-refractivity contribution in [3.63, 3.8) is 0 Å². The number of anilines is 2. The molecule has 1 unspecified atom stereocenters. The fourth-order valence-electron chi connectivity index (χ4n) is 2.09. The lowest BCUT2D eigenvalue weighted by Gasteiger charge is -2.13. The number of nitrogen functional groups attached to an aromatic ring is 1. The lowest BCUT2D eigenvalue weighted by molar-refractivity contribution is 0.252. The van der Waals surface area contributed by atoms with E-state index in [4.69, 9.17) is 5.73 Å². The van der Waals surface area contributed by atoms with E-state index >= 15 is 0 Å². The quantitative estimate of drug-likeness (QED) is 0.734. The van der Waals surface area contributed by atoms with Crippen LogP contribution in [0.2, 0.25) is 0 Å². The largest absolute Gasteiger partial charge is 0.399 e. The van der Waals surface area contributed by atoms with E-state index in [-0.39, 0.29) is 6.03 Å². The molecule has 0 aromatic heterocycles. The van der Waals surface area contributed by atoms with Crippen molar-refractivity contribution in [3.8, 4) is 0 Å². The molecule has 0 fully saturated rings. The fourth-order valence-corrected chi connectivity index (χ4v) is 2.09. The summed E-state index contributed by atoms with van der Waals surface area (Å²) in [5.74, 6) is 0.419. The number of nitrogens with one attached hydrogen (secondary N) is 2. The Morgan fingerprint density at radius 1 is 1.10 bits per heavy atom. The summed E-state index contributed by atoms with van der Waals surface area (Å²) in [6, 6.07) is 17.2. The van der Waals surface area contributed by atoms with Gasteiger partial charge in [-0.15, -0.1) is 0 Å². The molecule has 0 saturated carbocycles. The molecule has 2 aromatic carbocycles. The maximum atomic E-state index is 11.8. The van der Waals surface area contributed by atoms with Gasteiger partial charge in [-0.3, -0.25) is 0 Å². The van der Waals surface area contributed by atoms with Crippen LogP contribution in [0.4, 0.5) is 16.2 Å². The van der Waals surface area contributed by atoms with Gasteiger partial charge >= 0.3 is 6.03 Å². The summed E-state index contributed by atoms with van der Waals surface area (Å²) in [5, 5.41) is 5.64. The molecule has 1 atom stereocenters. The second kappa shape index (κ2) is 7.33. The summed E-state index contributed by atoms with van der Waals surface area (Å²) in [4.78, 5) is 11.8. The molecule has 4 N–H and O–H groups in total. The molecule has 0 radical (unpaired) electrons. The Kier molecular flexibility index (Phi) is 5.21. The van der Waals surface area contributed by atoms with Gasteiger partial charge < -0.3 is 16.4 Å². The molecule has 4 nitrogen and oxygen atoms in total. The van der Waals surface area contributed by atoms with Gasteiger partial charge in [-0.1, -0.05) is 37.3 Å². The second-order valence-corrected chi connectivity index (χ2v) is 5.10. The van der Waals surface area contributed by atoms with Gasteiger partial charge in [0, 0.05) is 17.9 Å². The van der Waals surface area contributed by atoms with Crippen molar-refractivity contribution in [3.05, 3.63) is 60.2 Å². The van der Waals surface area contributed by atoms with Crippen molar-refractivity contribution >= 4 is 17.4 Å². The maximum Gasteiger partial charge on any atom is 0.319 e. The van der Waals surface area contributed by atoms with Gasteiger partial charge in [-0.2, -0.15) is 0 Å². The Morgan fingerprint density at radius 3 is 2.43 bits per heavy atom. The van der Waals surface area contributed by atoms with Crippen molar-refractivity contribution in [2.75, 3.05) is 17.6 Å². The summed E-state index contributed by atoms with van der Waals surface area (Å²) in [5.41, 5.74) is 8.30. The summed E-state index contributed by atoms with van der Waals surface area (Å²) in [6.07, 6.45) is 0.902. The van der Waals surface area contributed by atoms with Gasteiger partial charge in [0.05, 0.1) is 0 Å².